The minimum Gasteiger partial charge on any atom is -0.396 e. The van der Waals surface area contributed by atoms with Crippen molar-refractivity contribution in [2.24, 2.45) is 11.3 Å². The van der Waals surface area contributed by atoms with E-state index in [1.165, 1.54) is 5.69 Å². The molecule has 1 unspecified atom stereocenters. The third kappa shape index (κ3) is 3.32. The molecule has 1 rings (SSSR count). The van der Waals surface area contributed by atoms with E-state index >= 15 is 0 Å². The molecule has 1 N–H and O–H groups in total. The second kappa shape index (κ2) is 5.53. The summed E-state index contributed by atoms with van der Waals surface area (Å²) in [6.07, 6.45) is 0.856. The topological polar surface area (TPSA) is 38.0 Å². The van der Waals surface area contributed by atoms with Gasteiger partial charge in [0.2, 0.25) is 0 Å². The third-order valence-electron chi connectivity index (χ3n) is 3.34. The molecular weight excluding hydrogens is 280 g/mol. The van der Waals surface area contributed by atoms with Crippen LogP contribution in [0.25, 0.3) is 0 Å². The number of aromatic nitrogens is 2. The largest absolute Gasteiger partial charge is 0.396 e. The number of nitrogens with zero attached hydrogens (tertiary/aromatic N) is 2. The van der Waals surface area contributed by atoms with Crippen molar-refractivity contribution >= 4 is 15.9 Å². The SMILES string of the molecule is CCn1nc(C)c(Br)c1CC(CO)C(C)(C)C. The molecule has 1 heterocycles. The number of aliphatic hydroxyl groups excluding tert-OH is 1. The van der Waals surface area contributed by atoms with Crippen LogP contribution in [0, 0.1) is 18.3 Å². The number of rotatable bonds is 4. The first kappa shape index (κ1) is 14.7. The Labute approximate surface area is 112 Å². The molecule has 17 heavy (non-hydrogen) atoms. The summed E-state index contributed by atoms with van der Waals surface area (Å²) in [6.45, 7) is 11.7. The van der Waals surface area contributed by atoms with Crippen LogP contribution < -0.4 is 0 Å². The number of aliphatic hydroxyl groups is 1. The van der Waals surface area contributed by atoms with E-state index in [1.54, 1.807) is 0 Å². The van der Waals surface area contributed by atoms with Gasteiger partial charge < -0.3 is 5.11 Å². The maximum Gasteiger partial charge on any atom is 0.0738 e. The van der Waals surface area contributed by atoms with E-state index in [9.17, 15) is 5.11 Å². The molecule has 1 atom stereocenters. The van der Waals surface area contributed by atoms with E-state index in [2.05, 4.69) is 48.7 Å². The molecule has 0 aliphatic heterocycles. The molecule has 0 aliphatic rings. The highest BCUT2D eigenvalue weighted by Crippen LogP contribution is 2.31. The fraction of sp³-hybridized carbons (Fsp3) is 0.769. The van der Waals surface area contributed by atoms with E-state index in [-0.39, 0.29) is 17.9 Å². The van der Waals surface area contributed by atoms with E-state index in [0.717, 1.165) is 23.1 Å². The number of halogens is 1. The monoisotopic (exact) mass is 302 g/mol. The van der Waals surface area contributed by atoms with Crippen LogP contribution in [0.15, 0.2) is 4.47 Å². The molecule has 0 saturated heterocycles. The highest BCUT2D eigenvalue weighted by molar-refractivity contribution is 9.10. The van der Waals surface area contributed by atoms with Crippen LogP contribution in [0.1, 0.15) is 39.1 Å². The average Bonchev–Trinajstić information content (AvgIpc) is 2.50. The normalized spacial score (nSPS) is 14.1. The standard InChI is InChI=1S/C13H23BrN2O/c1-6-16-11(12(14)9(2)15-16)7-10(8-17)13(3,4)5/h10,17H,6-8H2,1-5H3. The molecule has 0 aromatic carbocycles. The Kier molecular flexibility index (Phi) is 4.78. The van der Waals surface area contributed by atoms with Gasteiger partial charge in [0.15, 0.2) is 0 Å². The zero-order valence-corrected chi connectivity index (χ0v) is 13.0. The summed E-state index contributed by atoms with van der Waals surface area (Å²) in [5.41, 5.74) is 2.32. The molecule has 0 radical (unpaired) electrons. The first-order valence-corrected chi connectivity index (χ1v) is 6.93. The van der Waals surface area contributed by atoms with Gasteiger partial charge in [-0.05, 0) is 47.5 Å². The maximum atomic E-state index is 9.54. The lowest BCUT2D eigenvalue weighted by atomic mass is 9.78. The summed E-state index contributed by atoms with van der Waals surface area (Å²) in [6, 6.07) is 0. The van der Waals surface area contributed by atoms with E-state index < -0.39 is 0 Å². The molecule has 3 nitrogen and oxygen atoms in total. The first-order valence-electron chi connectivity index (χ1n) is 6.13. The fourth-order valence-corrected chi connectivity index (χ4v) is 2.39. The van der Waals surface area contributed by atoms with Crippen molar-refractivity contribution in [3.05, 3.63) is 15.9 Å². The van der Waals surface area contributed by atoms with Crippen LogP contribution in [0.4, 0.5) is 0 Å². The highest BCUT2D eigenvalue weighted by atomic mass is 79.9. The summed E-state index contributed by atoms with van der Waals surface area (Å²) >= 11 is 3.60. The van der Waals surface area contributed by atoms with Gasteiger partial charge in [-0.2, -0.15) is 5.10 Å². The van der Waals surface area contributed by atoms with Gasteiger partial charge in [0.25, 0.3) is 0 Å². The van der Waals surface area contributed by atoms with Gasteiger partial charge in [-0.25, -0.2) is 0 Å². The Bertz CT molecular complexity index is 380. The second-order valence-corrected chi connectivity index (χ2v) is 6.40. The van der Waals surface area contributed by atoms with Crippen molar-refractivity contribution in [1.82, 2.24) is 9.78 Å². The predicted molar refractivity (Wildman–Crippen MR) is 74.1 cm³/mol. The summed E-state index contributed by atoms with van der Waals surface area (Å²) < 4.78 is 3.11. The maximum absolute atomic E-state index is 9.54. The molecule has 98 valence electrons. The van der Waals surface area contributed by atoms with Crippen LogP contribution in [0.3, 0.4) is 0 Å². The molecule has 1 aromatic heterocycles. The Morgan fingerprint density at radius 2 is 2.00 bits per heavy atom. The molecule has 0 spiro atoms. The lowest BCUT2D eigenvalue weighted by Crippen LogP contribution is -2.27. The zero-order chi connectivity index (χ0) is 13.2. The zero-order valence-electron chi connectivity index (χ0n) is 11.4. The van der Waals surface area contributed by atoms with Gasteiger partial charge in [0.1, 0.15) is 0 Å². The molecule has 4 heteroatoms. The number of hydrogen-bond acceptors (Lipinski definition) is 2. The number of hydrogen-bond donors (Lipinski definition) is 1. The van der Waals surface area contributed by atoms with Crippen LogP contribution in [0.2, 0.25) is 0 Å². The van der Waals surface area contributed by atoms with Gasteiger partial charge in [-0.15, -0.1) is 0 Å². The van der Waals surface area contributed by atoms with Crippen molar-refractivity contribution in [3.63, 3.8) is 0 Å². The lowest BCUT2D eigenvalue weighted by molar-refractivity contribution is 0.129. The minimum atomic E-state index is 0.102. The first-order chi connectivity index (χ1) is 7.81. The highest BCUT2D eigenvalue weighted by Gasteiger charge is 2.26. The quantitative estimate of drug-likeness (QED) is 0.928. The Hall–Kier alpha value is -0.350. The Morgan fingerprint density at radius 3 is 2.41 bits per heavy atom. The van der Waals surface area contributed by atoms with Crippen molar-refractivity contribution < 1.29 is 5.11 Å². The predicted octanol–water partition coefficient (Wildman–Crippen LogP) is 3.17. The van der Waals surface area contributed by atoms with E-state index in [1.807, 2.05) is 11.6 Å². The molecule has 0 aliphatic carbocycles. The lowest BCUT2D eigenvalue weighted by Gasteiger charge is -2.29. The average molecular weight is 303 g/mol. The summed E-state index contributed by atoms with van der Waals surface area (Å²) in [5.74, 6) is 0.250. The van der Waals surface area contributed by atoms with Crippen LogP contribution in [-0.2, 0) is 13.0 Å². The molecular formula is C13H23BrN2O. The van der Waals surface area contributed by atoms with Crippen LogP contribution >= 0.6 is 15.9 Å². The summed E-state index contributed by atoms with van der Waals surface area (Å²) in [7, 11) is 0. The smallest absolute Gasteiger partial charge is 0.0738 e. The third-order valence-corrected chi connectivity index (χ3v) is 4.37. The second-order valence-electron chi connectivity index (χ2n) is 5.61. The summed E-state index contributed by atoms with van der Waals surface area (Å²) in [4.78, 5) is 0. The van der Waals surface area contributed by atoms with Gasteiger partial charge in [-0.1, -0.05) is 20.8 Å². The van der Waals surface area contributed by atoms with Gasteiger partial charge in [0.05, 0.1) is 15.9 Å². The summed E-state index contributed by atoms with van der Waals surface area (Å²) in [5, 5.41) is 14.0. The van der Waals surface area contributed by atoms with Crippen molar-refractivity contribution in [1.29, 1.82) is 0 Å². The van der Waals surface area contributed by atoms with Gasteiger partial charge in [0, 0.05) is 13.2 Å². The number of aryl methyl sites for hydroxylation is 2. The van der Waals surface area contributed by atoms with Gasteiger partial charge >= 0.3 is 0 Å². The fourth-order valence-electron chi connectivity index (χ4n) is 1.94. The molecule has 0 saturated carbocycles. The van der Waals surface area contributed by atoms with Crippen molar-refractivity contribution in [2.45, 2.75) is 47.6 Å². The molecule has 0 amide bonds. The van der Waals surface area contributed by atoms with Crippen LogP contribution in [-0.4, -0.2) is 21.5 Å². The Morgan fingerprint density at radius 1 is 1.41 bits per heavy atom. The van der Waals surface area contributed by atoms with Crippen LogP contribution in [0.5, 0.6) is 0 Å². The Balaban J connectivity index is 3.01. The van der Waals surface area contributed by atoms with E-state index in [0.29, 0.717) is 0 Å². The van der Waals surface area contributed by atoms with Crippen molar-refractivity contribution in [2.75, 3.05) is 6.61 Å². The molecule has 1 aromatic rings. The minimum absolute atomic E-state index is 0.102. The molecule has 0 fully saturated rings. The molecule has 0 bridgehead atoms. The van der Waals surface area contributed by atoms with E-state index in [4.69, 9.17) is 0 Å². The van der Waals surface area contributed by atoms with Gasteiger partial charge in [-0.3, -0.25) is 4.68 Å². The van der Waals surface area contributed by atoms with Crippen molar-refractivity contribution in [3.8, 4) is 0 Å².